The Labute approximate surface area is 161 Å². The van der Waals surface area contributed by atoms with Crippen LogP contribution in [0.1, 0.15) is 42.2 Å². The van der Waals surface area contributed by atoms with E-state index in [1.807, 2.05) is 30.3 Å². The van der Waals surface area contributed by atoms with Crippen LogP contribution in [-0.4, -0.2) is 17.7 Å². The summed E-state index contributed by atoms with van der Waals surface area (Å²) in [5, 5.41) is 15.7. The van der Waals surface area contributed by atoms with Gasteiger partial charge in [-0.25, -0.2) is 4.79 Å². The van der Waals surface area contributed by atoms with E-state index in [1.54, 1.807) is 0 Å². The molecule has 2 amide bonds. The molecule has 2 aromatic carbocycles. The van der Waals surface area contributed by atoms with Gasteiger partial charge in [0.1, 0.15) is 0 Å². The molecule has 7 heteroatoms. The second-order valence-corrected chi connectivity index (χ2v) is 7.26. The number of amides is 2. The maximum absolute atomic E-state index is 12.6. The first kappa shape index (κ1) is 20.2. The van der Waals surface area contributed by atoms with E-state index in [1.165, 1.54) is 12.1 Å². The molecule has 4 nitrogen and oxygen atoms in total. The van der Waals surface area contributed by atoms with Crippen molar-refractivity contribution in [1.29, 1.82) is 0 Å². The largest absolute Gasteiger partial charge is 0.416 e. The van der Waals surface area contributed by atoms with Crippen LogP contribution in [0.15, 0.2) is 54.6 Å². The summed E-state index contributed by atoms with van der Waals surface area (Å²) in [6.07, 6.45) is -4.48. The van der Waals surface area contributed by atoms with Crippen LogP contribution >= 0.6 is 0 Å². The van der Waals surface area contributed by atoms with Crippen LogP contribution < -0.4 is 10.6 Å². The van der Waals surface area contributed by atoms with Gasteiger partial charge in [0.05, 0.1) is 17.7 Å². The predicted molar refractivity (Wildman–Crippen MR) is 99.4 cm³/mol. The Bertz CT molecular complexity index is 794. The van der Waals surface area contributed by atoms with E-state index in [0.29, 0.717) is 17.4 Å². The number of carbonyl (C=O) groups excluding carboxylic acids is 1. The first-order chi connectivity index (χ1) is 13.3. The monoisotopic (exact) mass is 392 g/mol. The number of hydrogen-bond acceptors (Lipinski definition) is 2. The first-order valence-electron chi connectivity index (χ1n) is 9.20. The van der Waals surface area contributed by atoms with E-state index in [-0.39, 0.29) is 12.6 Å². The van der Waals surface area contributed by atoms with Crippen LogP contribution in [0.4, 0.5) is 18.0 Å². The second-order valence-electron chi connectivity index (χ2n) is 7.26. The summed E-state index contributed by atoms with van der Waals surface area (Å²) in [4.78, 5) is 12.3. The van der Waals surface area contributed by atoms with Crippen LogP contribution in [-0.2, 0) is 6.18 Å². The molecule has 28 heavy (non-hydrogen) atoms. The lowest BCUT2D eigenvalue weighted by Gasteiger charge is -2.21. The summed E-state index contributed by atoms with van der Waals surface area (Å²) in [7, 11) is 0. The Morgan fingerprint density at radius 1 is 1.11 bits per heavy atom. The molecule has 2 aromatic rings. The van der Waals surface area contributed by atoms with Crippen molar-refractivity contribution in [2.75, 3.05) is 6.54 Å². The van der Waals surface area contributed by atoms with Crippen molar-refractivity contribution in [3.8, 4) is 0 Å². The highest BCUT2D eigenvalue weighted by Gasteiger charge is 2.41. The van der Waals surface area contributed by atoms with Gasteiger partial charge in [-0.1, -0.05) is 49.4 Å². The van der Waals surface area contributed by atoms with Gasteiger partial charge in [-0.05, 0) is 41.5 Å². The van der Waals surface area contributed by atoms with Gasteiger partial charge < -0.3 is 15.7 Å². The van der Waals surface area contributed by atoms with Crippen LogP contribution in [0.25, 0.3) is 0 Å². The van der Waals surface area contributed by atoms with E-state index < -0.39 is 23.9 Å². The Morgan fingerprint density at radius 2 is 1.71 bits per heavy atom. The van der Waals surface area contributed by atoms with Crippen molar-refractivity contribution in [2.24, 2.45) is 11.8 Å². The number of rotatable bonds is 6. The Balaban J connectivity index is 1.55. The van der Waals surface area contributed by atoms with E-state index in [2.05, 4.69) is 17.6 Å². The zero-order valence-electron chi connectivity index (χ0n) is 15.4. The zero-order chi connectivity index (χ0) is 20.3. The summed E-state index contributed by atoms with van der Waals surface area (Å²) in [5.74, 6) is 0.899. The van der Waals surface area contributed by atoms with Crippen molar-refractivity contribution in [2.45, 2.75) is 31.7 Å². The molecule has 1 saturated carbocycles. The highest BCUT2D eigenvalue weighted by atomic mass is 19.4. The van der Waals surface area contributed by atoms with Crippen molar-refractivity contribution in [3.63, 3.8) is 0 Å². The molecule has 0 radical (unpaired) electrons. The first-order valence-corrected chi connectivity index (χ1v) is 9.20. The molecule has 0 spiro atoms. The van der Waals surface area contributed by atoms with Gasteiger partial charge in [-0.3, -0.25) is 0 Å². The van der Waals surface area contributed by atoms with E-state index >= 15 is 0 Å². The molecule has 3 N–H and O–H groups in total. The minimum absolute atomic E-state index is 0.0983. The SMILES string of the molecule is CC1CC1C(NC(=O)NCC(O)c1ccc(C(F)(F)F)cc1)c1ccccc1. The second kappa shape index (κ2) is 8.22. The normalized spacial score (nSPS) is 20.9. The molecule has 4 unspecified atom stereocenters. The van der Waals surface area contributed by atoms with Gasteiger partial charge in [-0.15, -0.1) is 0 Å². The number of halogens is 3. The molecule has 0 aliphatic heterocycles. The Morgan fingerprint density at radius 3 is 2.25 bits per heavy atom. The number of hydrogen-bond donors (Lipinski definition) is 3. The summed E-state index contributed by atoms with van der Waals surface area (Å²) < 4.78 is 37.8. The van der Waals surface area contributed by atoms with Crippen LogP contribution in [0, 0.1) is 11.8 Å². The molecule has 150 valence electrons. The third-order valence-corrected chi connectivity index (χ3v) is 5.12. The minimum Gasteiger partial charge on any atom is -0.387 e. The molecule has 0 heterocycles. The summed E-state index contributed by atoms with van der Waals surface area (Å²) in [6.45, 7) is 2.04. The number of nitrogens with one attached hydrogen (secondary N) is 2. The van der Waals surface area contributed by atoms with Crippen molar-refractivity contribution in [3.05, 3.63) is 71.3 Å². The average Bonchev–Trinajstić information content (AvgIpc) is 3.40. The number of benzene rings is 2. The molecule has 0 bridgehead atoms. The predicted octanol–water partition coefficient (Wildman–Crippen LogP) is 4.44. The smallest absolute Gasteiger partial charge is 0.387 e. The highest BCUT2D eigenvalue weighted by Crippen LogP contribution is 2.46. The lowest BCUT2D eigenvalue weighted by atomic mass is 10.0. The Hall–Kier alpha value is -2.54. The maximum Gasteiger partial charge on any atom is 0.416 e. The van der Waals surface area contributed by atoms with Gasteiger partial charge in [0, 0.05) is 6.54 Å². The molecule has 1 fully saturated rings. The average molecular weight is 392 g/mol. The van der Waals surface area contributed by atoms with Gasteiger partial charge in [0.25, 0.3) is 0 Å². The third-order valence-electron chi connectivity index (χ3n) is 5.12. The number of aliphatic hydroxyl groups is 1. The minimum atomic E-state index is -4.42. The van der Waals surface area contributed by atoms with Gasteiger partial charge in [-0.2, -0.15) is 13.2 Å². The highest BCUT2D eigenvalue weighted by molar-refractivity contribution is 5.74. The van der Waals surface area contributed by atoms with Crippen molar-refractivity contribution in [1.82, 2.24) is 10.6 Å². The standard InChI is InChI=1S/C21H23F3N2O2/c1-13-11-17(13)19(15-5-3-2-4-6-15)26-20(28)25-12-18(27)14-7-9-16(10-8-14)21(22,23)24/h2-10,13,17-19,27H,11-12H2,1H3,(H2,25,26,28). The zero-order valence-corrected chi connectivity index (χ0v) is 15.4. The van der Waals surface area contributed by atoms with E-state index in [4.69, 9.17) is 0 Å². The fourth-order valence-corrected chi connectivity index (χ4v) is 3.31. The van der Waals surface area contributed by atoms with Crippen LogP contribution in [0.3, 0.4) is 0 Å². The van der Waals surface area contributed by atoms with E-state index in [0.717, 1.165) is 24.1 Å². The number of alkyl halides is 3. The van der Waals surface area contributed by atoms with Crippen molar-refractivity contribution < 1.29 is 23.1 Å². The fraction of sp³-hybridized carbons (Fsp3) is 0.381. The lowest BCUT2D eigenvalue weighted by Crippen LogP contribution is -2.40. The summed E-state index contributed by atoms with van der Waals surface area (Å²) in [6, 6.07) is 13.4. The van der Waals surface area contributed by atoms with E-state index in [9.17, 15) is 23.1 Å². The molecule has 0 saturated heterocycles. The molecule has 1 aliphatic carbocycles. The quantitative estimate of drug-likeness (QED) is 0.681. The number of aliphatic hydroxyl groups excluding tert-OH is 1. The van der Waals surface area contributed by atoms with Gasteiger partial charge in [0.15, 0.2) is 0 Å². The Kier molecular flexibility index (Phi) is 5.93. The molecule has 0 aromatic heterocycles. The lowest BCUT2D eigenvalue weighted by molar-refractivity contribution is -0.137. The third kappa shape index (κ3) is 5.04. The summed E-state index contributed by atoms with van der Waals surface area (Å²) in [5.41, 5.74) is 0.553. The molecule has 4 atom stereocenters. The number of carbonyl (C=O) groups is 1. The maximum atomic E-state index is 12.6. The van der Waals surface area contributed by atoms with Crippen LogP contribution in [0.2, 0.25) is 0 Å². The topological polar surface area (TPSA) is 61.4 Å². The van der Waals surface area contributed by atoms with Crippen LogP contribution in [0.5, 0.6) is 0 Å². The van der Waals surface area contributed by atoms with Gasteiger partial charge >= 0.3 is 12.2 Å². The fourth-order valence-electron chi connectivity index (χ4n) is 3.31. The van der Waals surface area contributed by atoms with Gasteiger partial charge in [0.2, 0.25) is 0 Å². The molecule has 3 rings (SSSR count). The number of urea groups is 1. The molecular formula is C21H23F3N2O2. The van der Waals surface area contributed by atoms with Crippen molar-refractivity contribution >= 4 is 6.03 Å². The molecular weight excluding hydrogens is 369 g/mol. The summed E-state index contributed by atoms with van der Waals surface area (Å²) >= 11 is 0. The molecule has 1 aliphatic rings.